The van der Waals surface area contributed by atoms with Crippen molar-refractivity contribution in [1.29, 1.82) is 0 Å². The van der Waals surface area contributed by atoms with Crippen molar-refractivity contribution in [2.75, 3.05) is 13.6 Å². The highest BCUT2D eigenvalue weighted by atomic mass is 16.6. The largest absolute Gasteiger partial charge is 0.356 e. The zero-order valence-electron chi connectivity index (χ0n) is 13.5. The van der Waals surface area contributed by atoms with Gasteiger partial charge in [-0.1, -0.05) is 23.8 Å². The minimum atomic E-state index is -0.380. The molecule has 6 heteroatoms. The van der Waals surface area contributed by atoms with Crippen LogP contribution in [0.5, 0.6) is 0 Å². The van der Waals surface area contributed by atoms with Gasteiger partial charge in [0.2, 0.25) is 0 Å². The molecule has 0 radical (unpaired) electrons. The number of hydrogen-bond acceptors (Lipinski definition) is 3. The Balaban J connectivity index is 1.77. The van der Waals surface area contributed by atoms with Gasteiger partial charge in [0.1, 0.15) is 0 Å². The van der Waals surface area contributed by atoms with Crippen molar-refractivity contribution < 1.29 is 4.92 Å². The minimum absolute atomic E-state index is 0.108. The van der Waals surface area contributed by atoms with Crippen LogP contribution in [0.15, 0.2) is 40.9 Å². The third kappa shape index (κ3) is 5.73. The lowest BCUT2D eigenvalue weighted by molar-refractivity contribution is -0.384. The molecule has 0 unspecified atom stereocenters. The highest BCUT2D eigenvalue weighted by Crippen LogP contribution is 2.19. The molecule has 1 aliphatic rings. The van der Waals surface area contributed by atoms with E-state index in [0.29, 0.717) is 12.5 Å². The molecule has 6 nitrogen and oxygen atoms in total. The molecule has 124 valence electrons. The topological polar surface area (TPSA) is 79.6 Å². The Bertz CT molecular complexity index is 596. The predicted molar refractivity (Wildman–Crippen MR) is 92.5 cm³/mol. The van der Waals surface area contributed by atoms with E-state index in [-0.39, 0.29) is 10.6 Å². The van der Waals surface area contributed by atoms with Gasteiger partial charge in [0.05, 0.1) is 4.92 Å². The van der Waals surface area contributed by atoms with Crippen LogP contribution in [0.1, 0.15) is 37.7 Å². The number of benzene rings is 1. The van der Waals surface area contributed by atoms with Gasteiger partial charge in [-0.05, 0) is 37.7 Å². The van der Waals surface area contributed by atoms with Crippen molar-refractivity contribution in [3.63, 3.8) is 0 Å². The van der Waals surface area contributed by atoms with E-state index < -0.39 is 0 Å². The lowest BCUT2D eigenvalue weighted by atomic mass is 9.97. The molecular formula is C17H24N4O2. The average Bonchev–Trinajstić information content (AvgIpc) is 2.59. The fourth-order valence-corrected chi connectivity index (χ4v) is 2.66. The maximum Gasteiger partial charge on any atom is 0.269 e. The molecule has 0 bridgehead atoms. The number of aliphatic imine (C=N–C) groups is 1. The van der Waals surface area contributed by atoms with Crippen molar-refractivity contribution in [3.8, 4) is 0 Å². The smallest absolute Gasteiger partial charge is 0.269 e. The number of non-ortho nitro benzene ring substituents is 1. The summed E-state index contributed by atoms with van der Waals surface area (Å²) in [5, 5.41) is 17.3. The van der Waals surface area contributed by atoms with Crippen molar-refractivity contribution in [3.05, 3.63) is 51.6 Å². The van der Waals surface area contributed by atoms with Crippen molar-refractivity contribution in [2.45, 2.75) is 38.6 Å². The Morgan fingerprint density at radius 1 is 1.35 bits per heavy atom. The van der Waals surface area contributed by atoms with Crippen molar-refractivity contribution in [2.24, 2.45) is 4.99 Å². The number of allylic oxidation sites excluding steroid dienone is 1. The molecule has 0 atom stereocenters. The fourth-order valence-electron chi connectivity index (χ4n) is 2.66. The van der Waals surface area contributed by atoms with Crippen LogP contribution in [0.4, 0.5) is 5.69 Å². The van der Waals surface area contributed by atoms with Crippen molar-refractivity contribution >= 4 is 11.6 Å². The summed E-state index contributed by atoms with van der Waals surface area (Å²) in [5.74, 6) is 0.716. The quantitative estimate of drug-likeness (QED) is 0.278. The molecule has 0 aliphatic heterocycles. The second kappa shape index (κ2) is 8.92. The summed E-state index contributed by atoms with van der Waals surface area (Å²) in [4.78, 5) is 14.6. The van der Waals surface area contributed by atoms with Gasteiger partial charge < -0.3 is 10.6 Å². The van der Waals surface area contributed by atoms with E-state index >= 15 is 0 Å². The summed E-state index contributed by atoms with van der Waals surface area (Å²) >= 11 is 0. The molecular weight excluding hydrogens is 292 g/mol. The van der Waals surface area contributed by atoms with E-state index in [4.69, 9.17) is 0 Å². The Labute approximate surface area is 136 Å². The van der Waals surface area contributed by atoms with Crippen LogP contribution in [-0.4, -0.2) is 24.5 Å². The van der Waals surface area contributed by atoms with Gasteiger partial charge >= 0.3 is 0 Å². The number of nitrogens with zero attached hydrogens (tertiary/aromatic N) is 2. The molecule has 23 heavy (non-hydrogen) atoms. The lowest BCUT2D eigenvalue weighted by Gasteiger charge is -2.15. The molecule has 1 aliphatic carbocycles. The first-order chi connectivity index (χ1) is 11.2. The molecule has 1 aromatic rings. The summed E-state index contributed by atoms with van der Waals surface area (Å²) in [6.07, 6.45) is 8.41. The standard InChI is InChI=1S/C17H24N4O2/c1-18-17(19-11-10-14-6-3-2-4-7-14)20-13-15-8-5-9-16(12-15)21(22)23/h5-6,8-9,12H,2-4,7,10-11,13H2,1H3,(H2,18,19,20). The average molecular weight is 316 g/mol. The van der Waals surface area contributed by atoms with Gasteiger partial charge in [-0.15, -0.1) is 0 Å². The SMILES string of the molecule is CN=C(NCCC1=CCCCC1)NCc1cccc([N+](=O)[O-])c1. The Morgan fingerprint density at radius 3 is 2.91 bits per heavy atom. The van der Waals surface area contributed by atoms with Crippen LogP contribution in [-0.2, 0) is 6.54 Å². The van der Waals surface area contributed by atoms with Crippen LogP contribution in [0, 0.1) is 10.1 Å². The highest BCUT2D eigenvalue weighted by Gasteiger charge is 2.07. The lowest BCUT2D eigenvalue weighted by Crippen LogP contribution is -2.37. The van der Waals surface area contributed by atoms with Crippen LogP contribution in [0.2, 0.25) is 0 Å². The summed E-state index contributed by atoms with van der Waals surface area (Å²) in [6, 6.07) is 6.63. The maximum atomic E-state index is 10.8. The van der Waals surface area contributed by atoms with E-state index in [2.05, 4.69) is 21.7 Å². The molecule has 0 spiro atoms. The van der Waals surface area contributed by atoms with Gasteiger partial charge in [-0.2, -0.15) is 0 Å². The Hall–Kier alpha value is -2.37. The fraction of sp³-hybridized carbons (Fsp3) is 0.471. The maximum absolute atomic E-state index is 10.8. The van der Waals surface area contributed by atoms with E-state index in [1.165, 1.54) is 37.3 Å². The summed E-state index contributed by atoms with van der Waals surface area (Å²) in [7, 11) is 1.72. The molecule has 1 aromatic carbocycles. The Kier molecular flexibility index (Phi) is 6.59. The second-order valence-electron chi connectivity index (χ2n) is 5.64. The molecule has 0 saturated carbocycles. The summed E-state index contributed by atoms with van der Waals surface area (Å²) in [6.45, 7) is 1.35. The molecule has 2 N–H and O–H groups in total. The highest BCUT2D eigenvalue weighted by molar-refractivity contribution is 5.79. The zero-order chi connectivity index (χ0) is 16.5. The first-order valence-electron chi connectivity index (χ1n) is 8.05. The predicted octanol–water partition coefficient (Wildman–Crippen LogP) is 3.15. The van der Waals surface area contributed by atoms with E-state index in [1.807, 2.05) is 6.07 Å². The number of nitro groups is 1. The van der Waals surface area contributed by atoms with Gasteiger partial charge in [0, 0.05) is 32.3 Å². The molecule has 0 amide bonds. The van der Waals surface area contributed by atoms with Gasteiger partial charge in [0.25, 0.3) is 5.69 Å². The summed E-state index contributed by atoms with van der Waals surface area (Å²) < 4.78 is 0. The van der Waals surface area contributed by atoms with Crippen LogP contribution < -0.4 is 10.6 Å². The normalized spacial score (nSPS) is 15.0. The summed E-state index contributed by atoms with van der Waals surface area (Å²) in [5.41, 5.74) is 2.49. The Morgan fingerprint density at radius 2 is 2.22 bits per heavy atom. The number of rotatable bonds is 6. The van der Waals surface area contributed by atoms with Crippen molar-refractivity contribution in [1.82, 2.24) is 10.6 Å². The zero-order valence-corrected chi connectivity index (χ0v) is 13.5. The van der Waals surface area contributed by atoms with Gasteiger partial charge in [0.15, 0.2) is 5.96 Å². The number of hydrogen-bond donors (Lipinski definition) is 2. The number of nitro benzene ring substituents is 1. The first-order valence-corrected chi connectivity index (χ1v) is 8.05. The van der Waals surface area contributed by atoms with E-state index in [9.17, 15) is 10.1 Å². The molecule has 0 aromatic heterocycles. The van der Waals surface area contributed by atoms with E-state index in [0.717, 1.165) is 18.5 Å². The van der Waals surface area contributed by atoms with Gasteiger partial charge in [-0.25, -0.2) is 0 Å². The molecule has 0 fully saturated rings. The minimum Gasteiger partial charge on any atom is -0.356 e. The third-order valence-corrected chi connectivity index (χ3v) is 3.93. The first kappa shape index (κ1) is 17.0. The number of guanidine groups is 1. The monoisotopic (exact) mass is 316 g/mol. The second-order valence-corrected chi connectivity index (χ2v) is 5.64. The number of nitrogens with one attached hydrogen (secondary N) is 2. The van der Waals surface area contributed by atoms with E-state index in [1.54, 1.807) is 19.2 Å². The molecule has 0 saturated heterocycles. The van der Waals surface area contributed by atoms with Crippen LogP contribution in [0.25, 0.3) is 0 Å². The van der Waals surface area contributed by atoms with Gasteiger partial charge in [-0.3, -0.25) is 15.1 Å². The van der Waals surface area contributed by atoms with Crippen LogP contribution in [0.3, 0.4) is 0 Å². The molecule has 2 rings (SSSR count). The third-order valence-electron chi connectivity index (χ3n) is 3.93. The molecule has 0 heterocycles. The van der Waals surface area contributed by atoms with Crippen LogP contribution >= 0.6 is 0 Å².